The van der Waals surface area contributed by atoms with Crippen LogP contribution < -0.4 is 0 Å². The van der Waals surface area contributed by atoms with Crippen LogP contribution in [0.3, 0.4) is 0 Å². The lowest BCUT2D eigenvalue weighted by Gasteiger charge is -2.13. The van der Waals surface area contributed by atoms with Crippen molar-refractivity contribution in [3.8, 4) is 0 Å². The third-order valence-electron chi connectivity index (χ3n) is 4.06. The van der Waals surface area contributed by atoms with Crippen molar-refractivity contribution in [2.45, 2.75) is 40.2 Å². The number of ether oxygens (including phenoxy) is 1. The van der Waals surface area contributed by atoms with Gasteiger partial charge in [0.15, 0.2) is 11.9 Å². The first-order valence-corrected chi connectivity index (χ1v) is 8.75. The number of aryl methyl sites for hydroxylation is 1. The molecule has 1 atom stereocenters. The molecule has 1 aromatic heterocycles. The van der Waals surface area contributed by atoms with Crippen molar-refractivity contribution in [2.75, 3.05) is 0 Å². The molecule has 0 radical (unpaired) electrons. The fraction of sp³-hybridized carbons (Fsp3) is 0.316. The summed E-state index contributed by atoms with van der Waals surface area (Å²) in [5, 5.41) is 0.824. The van der Waals surface area contributed by atoms with Crippen molar-refractivity contribution in [3.63, 3.8) is 0 Å². The number of esters is 1. The first-order chi connectivity index (χ1) is 12.1. The number of rotatable bonds is 6. The Balaban J connectivity index is 2.10. The van der Waals surface area contributed by atoms with E-state index in [0.29, 0.717) is 32.4 Å². The van der Waals surface area contributed by atoms with E-state index in [2.05, 4.69) is 4.98 Å². The standard InChI is InChI=1S/C19H19Cl2NO4/c1-9-17(11(3)23)10(2)22-18(9)19(25)12(4)26-16(24)7-13-5-6-14(20)8-15(13)21/h5-6,8,12,22H,7H2,1-4H3. The van der Waals surface area contributed by atoms with Crippen LogP contribution in [0.15, 0.2) is 18.2 Å². The lowest BCUT2D eigenvalue weighted by molar-refractivity contribution is -0.145. The van der Waals surface area contributed by atoms with Crippen LogP contribution >= 0.6 is 23.2 Å². The van der Waals surface area contributed by atoms with Crippen molar-refractivity contribution >= 4 is 40.7 Å². The van der Waals surface area contributed by atoms with Crippen LogP contribution in [0.5, 0.6) is 0 Å². The van der Waals surface area contributed by atoms with E-state index in [1.165, 1.54) is 19.9 Å². The number of Topliss-reactive ketones (excluding diaryl/α,β-unsaturated/α-hetero) is 2. The maximum atomic E-state index is 12.6. The maximum absolute atomic E-state index is 12.6. The molecule has 26 heavy (non-hydrogen) atoms. The zero-order valence-corrected chi connectivity index (χ0v) is 16.4. The van der Waals surface area contributed by atoms with Crippen LogP contribution in [0, 0.1) is 13.8 Å². The minimum absolute atomic E-state index is 0.0744. The van der Waals surface area contributed by atoms with Gasteiger partial charge in [0.25, 0.3) is 0 Å². The molecule has 2 rings (SSSR count). The van der Waals surface area contributed by atoms with Gasteiger partial charge >= 0.3 is 5.97 Å². The summed E-state index contributed by atoms with van der Waals surface area (Å²) in [7, 11) is 0. The first-order valence-electron chi connectivity index (χ1n) is 7.99. The second-order valence-electron chi connectivity index (χ2n) is 6.09. The van der Waals surface area contributed by atoms with E-state index >= 15 is 0 Å². The smallest absolute Gasteiger partial charge is 0.311 e. The third kappa shape index (κ3) is 4.34. The van der Waals surface area contributed by atoms with E-state index in [1.54, 1.807) is 26.0 Å². The van der Waals surface area contributed by atoms with Crippen LogP contribution in [0.1, 0.15) is 51.5 Å². The minimum Gasteiger partial charge on any atom is -0.454 e. The molecule has 7 heteroatoms. The van der Waals surface area contributed by atoms with Gasteiger partial charge < -0.3 is 9.72 Å². The molecule has 0 amide bonds. The average Bonchev–Trinajstić information content (AvgIpc) is 2.84. The van der Waals surface area contributed by atoms with Gasteiger partial charge in [0.1, 0.15) is 0 Å². The highest BCUT2D eigenvalue weighted by atomic mass is 35.5. The third-order valence-corrected chi connectivity index (χ3v) is 4.65. The molecule has 0 aliphatic heterocycles. The molecule has 0 saturated heterocycles. The summed E-state index contributed by atoms with van der Waals surface area (Å²) in [6.07, 6.45) is -1.07. The zero-order valence-electron chi connectivity index (χ0n) is 14.9. The number of H-pyrrole nitrogens is 1. The second kappa shape index (κ2) is 8.06. The van der Waals surface area contributed by atoms with Gasteiger partial charge in [-0.25, -0.2) is 0 Å². The highest BCUT2D eigenvalue weighted by Crippen LogP contribution is 2.23. The topological polar surface area (TPSA) is 76.2 Å². The number of aromatic amines is 1. The number of halogens is 2. The Bertz CT molecular complexity index is 886. The number of aromatic nitrogens is 1. The number of carbonyl (C=O) groups is 3. The Labute approximate surface area is 161 Å². The quantitative estimate of drug-likeness (QED) is 0.576. The Morgan fingerprint density at radius 3 is 2.38 bits per heavy atom. The van der Waals surface area contributed by atoms with Crippen molar-refractivity contribution in [1.29, 1.82) is 0 Å². The van der Waals surface area contributed by atoms with Gasteiger partial charge in [-0.05, 0) is 51.0 Å². The molecule has 1 N–H and O–H groups in total. The summed E-state index contributed by atoms with van der Waals surface area (Å²) >= 11 is 11.9. The molecule has 2 aromatic rings. The average molecular weight is 396 g/mol. The molecule has 0 saturated carbocycles. The Morgan fingerprint density at radius 1 is 1.19 bits per heavy atom. The zero-order chi connectivity index (χ0) is 19.6. The first kappa shape index (κ1) is 20.2. The van der Waals surface area contributed by atoms with E-state index in [0.717, 1.165) is 0 Å². The number of hydrogen-bond acceptors (Lipinski definition) is 4. The molecule has 138 valence electrons. The summed E-state index contributed by atoms with van der Waals surface area (Å²) in [5.41, 5.74) is 2.50. The molecule has 0 aliphatic carbocycles. The molecule has 1 aromatic carbocycles. The van der Waals surface area contributed by atoms with Crippen molar-refractivity contribution in [2.24, 2.45) is 0 Å². The van der Waals surface area contributed by atoms with Crippen LogP contribution in [0.2, 0.25) is 10.0 Å². The number of benzene rings is 1. The summed E-state index contributed by atoms with van der Waals surface area (Å²) in [4.78, 5) is 39.3. The number of ketones is 2. The van der Waals surface area contributed by atoms with Gasteiger partial charge in [0.05, 0.1) is 12.1 Å². The molecule has 1 heterocycles. The molecule has 0 fully saturated rings. The van der Waals surface area contributed by atoms with Gasteiger partial charge in [-0.2, -0.15) is 0 Å². The summed E-state index contributed by atoms with van der Waals surface area (Å²) in [6.45, 7) is 6.35. The number of carbonyl (C=O) groups excluding carboxylic acids is 3. The molecular weight excluding hydrogens is 377 g/mol. The Hall–Kier alpha value is -2.11. The molecular formula is C19H19Cl2NO4. The summed E-state index contributed by atoms with van der Waals surface area (Å²) in [5.74, 6) is -1.10. The van der Waals surface area contributed by atoms with Gasteiger partial charge in [-0.1, -0.05) is 29.3 Å². The van der Waals surface area contributed by atoms with Crippen LogP contribution in [0.25, 0.3) is 0 Å². The van der Waals surface area contributed by atoms with E-state index in [9.17, 15) is 14.4 Å². The fourth-order valence-corrected chi connectivity index (χ4v) is 3.32. The summed E-state index contributed by atoms with van der Waals surface area (Å²) < 4.78 is 5.24. The molecule has 5 nitrogen and oxygen atoms in total. The van der Waals surface area contributed by atoms with Gasteiger partial charge in [-0.3, -0.25) is 14.4 Å². The van der Waals surface area contributed by atoms with E-state index in [-0.39, 0.29) is 17.9 Å². The van der Waals surface area contributed by atoms with Gasteiger partial charge in [-0.15, -0.1) is 0 Å². The van der Waals surface area contributed by atoms with Crippen LogP contribution in [0.4, 0.5) is 0 Å². The van der Waals surface area contributed by atoms with E-state index in [1.807, 2.05) is 0 Å². The maximum Gasteiger partial charge on any atom is 0.311 e. The largest absolute Gasteiger partial charge is 0.454 e. The molecule has 1 unspecified atom stereocenters. The molecule has 0 bridgehead atoms. The predicted molar refractivity (Wildman–Crippen MR) is 100 cm³/mol. The Kier molecular flexibility index (Phi) is 6.26. The lowest BCUT2D eigenvalue weighted by Crippen LogP contribution is -2.26. The van der Waals surface area contributed by atoms with Crippen molar-refractivity contribution < 1.29 is 19.1 Å². The number of nitrogens with one attached hydrogen (secondary N) is 1. The number of hydrogen-bond donors (Lipinski definition) is 1. The normalized spacial score (nSPS) is 11.9. The van der Waals surface area contributed by atoms with Crippen LogP contribution in [-0.4, -0.2) is 28.6 Å². The SMILES string of the molecule is CC(=O)c1c(C)[nH]c(C(=O)C(C)OC(=O)Cc2ccc(Cl)cc2Cl)c1C. The van der Waals surface area contributed by atoms with Crippen molar-refractivity contribution in [3.05, 3.63) is 56.3 Å². The summed E-state index contributed by atoms with van der Waals surface area (Å²) in [6, 6.07) is 4.80. The van der Waals surface area contributed by atoms with Crippen molar-refractivity contribution in [1.82, 2.24) is 4.98 Å². The fourth-order valence-electron chi connectivity index (χ4n) is 2.84. The van der Waals surface area contributed by atoms with Gasteiger partial charge in [0, 0.05) is 21.3 Å². The van der Waals surface area contributed by atoms with Crippen LogP contribution in [-0.2, 0) is 16.0 Å². The second-order valence-corrected chi connectivity index (χ2v) is 6.93. The highest BCUT2D eigenvalue weighted by molar-refractivity contribution is 6.35. The minimum atomic E-state index is -0.995. The lowest BCUT2D eigenvalue weighted by atomic mass is 10.0. The molecule has 0 aliphatic rings. The van der Waals surface area contributed by atoms with Gasteiger partial charge in [0.2, 0.25) is 5.78 Å². The van der Waals surface area contributed by atoms with E-state index < -0.39 is 17.9 Å². The Morgan fingerprint density at radius 2 is 1.85 bits per heavy atom. The monoisotopic (exact) mass is 395 g/mol. The molecule has 0 spiro atoms. The highest BCUT2D eigenvalue weighted by Gasteiger charge is 2.26. The predicted octanol–water partition coefficient (Wildman–Crippen LogP) is 4.50. The van der Waals surface area contributed by atoms with E-state index in [4.69, 9.17) is 27.9 Å².